The summed E-state index contributed by atoms with van der Waals surface area (Å²) in [4.78, 5) is 12.2. The van der Waals surface area contributed by atoms with Crippen molar-refractivity contribution in [1.82, 2.24) is 4.72 Å². The van der Waals surface area contributed by atoms with Gasteiger partial charge >= 0.3 is 5.97 Å². The Labute approximate surface area is 146 Å². The molecule has 0 heterocycles. The Balaban J connectivity index is 2.17. The molecule has 2 aromatic carbocycles. The first-order chi connectivity index (χ1) is 11.9. The summed E-state index contributed by atoms with van der Waals surface area (Å²) in [5, 5.41) is 0. The van der Waals surface area contributed by atoms with E-state index < -0.39 is 16.0 Å². The number of carbonyl (C=O) groups excluding carboxylic acids is 1. The number of nitrogens with one attached hydrogen (secondary N) is 1. The fourth-order valence-electron chi connectivity index (χ4n) is 2.13. The van der Waals surface area contributed by atoms with E-state index in [2.05, 4.69) is 4.72 Å². The summed E-state index contributed by atoms with van der Waals surface area (Å²) in [6.45, 7) is -0.0395. The van der Waals surface area contributed by atoms with Crippen LogP contribution < -0.4 is 14.2 Å². The minimum absolute atomic E-state index is 0.0107. The summed E-state index contributed by atoms with van der Waals surface area (Å²) in [6, 6.07) is 10.8. The fourth-order valence-corrected chi connectivity index (χ4v) is 2.90. The minimum atomic E-state index is -3.64. The van der Waals surface area contributed by atoms with Gasteiger partial charge in [-0.3, -0.25) is 0 Å². The van der Waals surface area contributed by atoms with Crippen LogP contribution in [0.4, 0.5) is 0 Å². The molecule has 0 aliphatic rings. The van der Waals surface area contributed by atoms with E-state index in [1.165, 1.54) is 45.5 Å². The highest BCUT2D eigenvalue weighted by Crippen LogP contribution is 2.25. The largest absolute Gasteiger partial charge is 0.497 e. The van der Waals surface area contributed by atoms with Gasteiger partial charge in [-0.05, 0) is 43.4 Å². The summed E-state index contributed by atoms with van der Waals surface area (Å²) in [5.74, 6) is 0.520. The van der Waals surface area contributed by atoms with Crippen molar-refractivity contribution < 1.29 is 27.4 Å². The quantitative estimate of drug-likeness (QED) is 0.755. The first kappa shape index (κ1) is 18.8. The lowest BCUT2D eigenvalue weighted by Crippen LogP contribution is -2.19. The Morgan fingerprint density at radius 1 is 1.08 bits per heavy atom. The predicted octanol–water partition coefficient (Wildman–Crippen LogP) is 1.97. The maximum Gasteiger partial charge on any atom is 0.338 e. The smallest absolute Gasteiger partial charge is 0.338 e. The molecular formula is C17H19NO6S. The monoisotopic (exact) mass is 365 g/mol. The lowest BCUT2D eigenvalue weighted by Gasteiger charge is -2.11. The highest BCUT2D eigenvalue weighted by Gasteiger charge is 2.16. The Morgan fingerprint density at radius 2 is 1.84 bits per heavy atom. The zero-order valence-corrected chi connectivity index (χ0v) is 14.9. The van der Waals surface area contributed by atoms with Crippen LogP contribution in [0.15, 0.2) is 47.4 Å². The molecule has 0 radical (unpaired) electrons. The van der Waals surface area contributed by atoms with Gasteiger partial charge < -0.3 is 14.2 Å². The van der Waals surface area contributed by atoms with Crippen molar-refractivity contribution in [3.8, 4) is 11.5 Å². The summed E-state index contributed by atoms with van der Waals surface area (Å²) in [5.41, 5.74) is 0.771. The van der Waals surface area contributed by atoms with Crippen molar-refractivity contribution in [3.63, 3.8) is 0 Å². The molecule has 0 fully saturated rings. The topological polar surface area (TPSA) is 90.9 Å². The number of hydrogen-bond donors (Lipinski definition) is 1. The number of methoxy groups -OCH3 is 2. The number of rotatable bonds is 7. The second kappa shape index (κ2) is 8.00. The van der Waals surface area contributed by atoms with Crippen LogP contribution in [0.25, 0.3) is 0 Å². The third-order valence-corrected chi connectivity index (χ3v) is 4.91. The molecule has 0 aromatic heterocycles. The van der Waals surface area contributed by atoms with Gasteiger partial charge in [0.2, 0.25) is 10.0 Å². The van der Waals surface area contributed by atoms with Crippen LogP contribution in [0.1, 0.15) is 15.9 Å². The van der Waals surface area contributed by atoms with Gasteiger partial charge in [0.1, 0.15) is 18.1 Å². The van der Waals surface area contributed by atoms with E-state index in [4.69, 9.17) is 14.2 Å². The van der Waals surface area contributed by atoms with Gasteiger partial charge in [0.25, 0.3) is 0 Å². The summed E-state index contributed by atoms with van der Waals surface area (Å²) < 4.78 is 41.5. The first-order valence-corrected chi connectivity index (χ1v) is 8.81. The van der Waals surface area contributed by atoms with E-state index in [1.807, 2.05) is 0 Å². The number of carbonyl (C=O) groups is 1. The standard InChI is InChI=1S/C17H19NO6S/c1-18-25(20,21)15-6-4-5-12(10-15)17(19)24-11-13-9-14(22-2)7-8-16(13)23-3/h4-10,18H,11H2,1-3H3. The summed E-state index contributed by atoms with van der Waals surface area (Å²) in [7, 11) is 0.712. The van der Waals surface area contributed by atoms with E-state index >= 15 is 0 Å². The van der Waals surface area contributed by atoms with Gasteiger partial charge in [-0.2, -0.15) is 0 Å². The summed E-state index contributed by atoms with van der Waals surface area (Å²) >= 11 is 0. The van der Waals surface area contributed by atoms with Crippen LogP contribution in [0.5, 0.6) is 11.5 Å². The van der Waals surface area contributed by atoms with Gasteiger partial charge in [-0.15, -0.1) is 0 Å². The van der Waals surface area contributed by atoms with E-state index in [0.717, 1.165) is 0 Å². The average molecular weight is 365 g/mol. The molecule has 0 amide bonds. The Hall–Kier alpha value is -2.58. The van der Waals surface area contributed by atoms with Gasteiger partial charge in [-0.1, -0.05) is 6.07 Å². The van der Waals surface area contributed by atoms with Crippen molar-refractivity contribution in [2.75, 3.05) is 21.3 Å². The molecule has 7 nitrogen and oxygen atoms in total. The number of ether oxygens (including phenoxy) is 3. The number of benzene rings is 2. The van der Waals surface area contributed by atoms with Gasteiger partial charge in [0, 0.05) is 5.56 Å². The Kier molecular flexibility index (Phi) is 6.00. The van der Waals surface area contributed by atoms with E-state index in [-0.39, 0.29) is 17.1 Å². The van der Waals surface area contributed by atoms with Gasteiger partial charge in [0.15, 0.2) is 0 Å². The molecular weight excluding hydrogens is 346 g/mol. The molecule has 2 rings (SSSR count). The van der Waals surface area contributed by atoms with Crippen LogP contribution in [-0.4, -0.2) is 35.7 Å². The van der Waals surface area contributed by atoms with Crippen LogP contribution >= 0.6 is 0 Å². The Morgan fingerprint density at radius 3 is 2.48 bits per heavy atom. The maximum atomic E-state index is 12.2. The second-order valence-electron chi connectivity index (χ2n) is 4.99. The van der Waals surface area contributed by atoms with E-state index in [1.54, 1.807) is 18.2 Å². The molecule has 2 aromatic rings. The SMILES string of the molecule is CNS(=O)(=O)c1cccc(C(=O)OCc2cc(OC)ccc2OC)c1. The molecule has 0 aliphatic heterocycles. The number of esters is 1. The third-order valence-electron chi connectivity index (χ3n) is 3.50. The zero-order valence-electron chi connectivity index (χ0n) is 14.1. The molecule has 0 unspecified atom stereocenters. The van der Waals surface area contributed by atoms with Crippen molar-refractivity contribution in [1.29, 1.82) is 0 Å². The van der Waals surface area contributed by atoms with Crippen molar-refractivity contribution in [2.45, 2.75) is 11.5 Å². The summed E-state index contributed by atoms with van der Waals surface area (Å²) in [6.07, 6.45) is 0. The molecule has 0 saturated heterocycles. The lowest BCUT2D eigenvalue weighted by molar-refractivity contribution is 0.0469. The fraction of sp³-hybridized carbons (Fsp3) is 0.235. The normalized spacial score (nSPS) is 11.0. The lowest BCUT2D eigenvalue weighted by atomic mass is 10.2. The average Bonchev–Trinajstić information content (AvgIpc) is 2.65. The van der Waals surface area contributed by atoms with Crippen LogP contribution in [0.2, 0.25) is 0 Å². The molecule has 0 atom stereocenters. The third kappa shape index (κ3) is 4.49. The second-order valence-corrected chi connectivity index (χ2v) is 6.88. The van der Waals surface area contributed by atoms with Crippen LogP contribution in [0, 0.1) is 0 Å². The molecule has 134 valence electrons. The highest BCUT2D eigenvalue weighted by atomic mass is 32.2. The minimum Gasteiger partial charge on any atom is -0.497 e. The van der Waals surface area contributed by atoms with Crippen molar-refractivity contribution in [3.05, 3.63) is 53.6 Å². The predicted molar refractivity (Wildman–Crippen MR) is 91.4 cm³/mol. The Bertz CT molecular complexity index is 863. The number of hydrogen-bond acceptors (Lipinski definition) is 6. The highest BCUT2D eigenvalue weighted by molar-refractivity contribution is 7.89. The van der Waals surface area contributed by atoms with E-state index in [9.17, 15) is 13.2 Å². The molecule has 1 N–H and O–H groups in total. The van der Waals surface area contributed by atoms with Crippen LogP contribution in [-0.2, 0) is 21.4 Å². The zero-order chi connectivity index (χ0) is 18.4. The van der Waals surface area contributed by atoms with E-state index in [0.29, 0.717) is 17.1 Å². The number of sulfonamides is 1. The van der Waals surface area contributed by atoms with Gasteiger partial charge in [-0.25, -0.2) is 17.9 Å². The maximum absolute atomic E-state index is 12.2. The van der Waals surface area contributed by atoms with Crippen LogP contribution in [0.3, 0.4) is 0 Å². The molecule has 0 bridgehead atoms. The molecule has 0 aliphatic carbocycles. The van der Waals surface area contributed by atoms with Crippen molar-refractivity contribution >= 4 is 16.0 Å². The molecule has 8 heteroatoms. The van der Waals surface area contributed by atoms with Gasteiger partial charge in [0.05, 0.1) is 24.7 Å². The molecule has 25 heavy (non-hydrogen) atoms. The molecule has 0 saturated carbocycles. The first-order valence-electron chi connectivity index (χ1n) is 7.33. The molecule has 0 spiro atoms. The van der Waals surface area contributed by atoms with Crippen molar-refractivity contribution in [2.24, 2.45) is 0 Å².